The number of hydrogen-bond donors (Lipinski definition) is 1. The Morgan fingerprint density at radius 2 is 1.97 bits per heavy atom. The number of carbonyl (C=O) groups excluding carboxylic acids is 1. The first-order valence-electron chi connectivity index (χ1n) is 11.2. The van der Waals surface area contributed by atoms with Crippen LogP contribution in [0.1, 0.15) is 76.6 Å². The molecule has 1 saturated heterocycles. The minimum absolute atomic E-state index is 0.00262. The molecule has 1 amide bonds. The zero-order chi connectivity index (χ0) is 21.0. The third-order valence-electron chi connectivity index (χ3n) is 7.52. The van der Waals surface area contributed by atoms with Crippen molar-refractivity contribution in [3.63, 3.8) is 0 Å². The van der Waals surface area contributed by atoms with Crippen LogP contribution in [-0.2, 0) is 4.79 Å². The van der Waals surface area contributed by atoms with Gasteiger partial charge in [-0.15, -0.1) is 0 Å². The van der Waals surface area contributed by atoms with E-state index in [0.717, 1.165) is 38.5 Å². The maximum Gasteiger partial charge on any atom is 0.262 e. The van der Waals surface area contributed by atoms with Crippen molar-refractivity contribution in [3.05, 3.63) is 22.4 Å². The molecule has 2 aromatic heterocycles. The number of carbonyl (C=O) groups is 1. The van der Waals surface area contributed by atoms with Gasteiger partial charge in [0, 0.05) is 18.4 Å². The van der Waals surface area contributed by atoms with Gasteiger partial charge in [0.1, 0.15) is 17.4 Å². The molecule has 30 heavy (non-hydrogen) atoms. The molecule has 1 N–H and O–H groups in total. The monoisotopic (exact) mass is 415 g/mol. The second kappa shape index (κ2) is 7.17. The molecule has 2 aliphatic carbocycles. The number of nitrogens with zero attached hydrogens (tertiary/aromatic N) is 4. The number of alkyl halides is 1. The van der Waals surface area contributed by atoms with E-state index in [-0.39, 0.29) is 35.9 Å². The van der Waals surface area contributed by atoms with Crippen LogP contribution >= 0.6 is 0 Å². The lowest BCUT2D eigenvalue weighted by atomic mass is 9.72. The lowest BCUT2D eigenvalue weighted by Gasteiger charge is -2.37. The highest BCUT2D eigenvalue weighted by molar-refractivity contribution is 5.81. The summed E-state index contributed by atoms with van der Waals surface area (Å²) in [5.41, 5.74) is 0.783. The van der Waals surface area contributed by atoms with Gasteiger partial charge in [0.15, 0.2) is 5.65 Å². The van der Waals surface area contributed by atoms with E-state index in [4.69, 9.17) is 4.98 Å². The number of halogens is 1. The fourth-order valence-electron chi connectivity index (χ4n) is 5.30. The lowest BCUT2D eigenvalue weighted by molar-refractivity contribution is -0.138. The lowest BCUT2D eigenvalue weighted by Crippen LogP contribution is -2.42. The number of likely N-dealkylation sites (tertiary alicyclic amines) is 1. The van der Waals surface area contributed by atoms with E-state index in [0.29, 0.717) is 35.2 Å². The summed E-state index contributed by atoms with van der Waals surface area (Å²) < 4.78 is 15.5. The largest absolute Gasteiger partial charge is 0.339 e. The minimum atomic E-state index is -0.920. The molecule has 162 valence electrons. The maximum absolute atomic E-state index is 13.5. The highest BCUT2D eigenvalue weighted by Crippen LogP contribution is 2.43. The number of hydrogen-bond acceptors (Lipinski definition) is 4. The normalized spacial score (nSPS) is 29.3. The van der Waals surface area contributed by atoms with Crippen LogP contribution < -0.4 is 5.56 Å². The van der Waals surface area contributed by atoms with Crippen molar-refractivity contribution in [1.82, 2.24) is 24.6 Å². The van der Waals surface area contributed by atoms with E-state index in [9.17, 15) is 14.0 Å². The second-order valence-electron chi connectivity index (χ2n) is 10.1. The third kappa shape index (κ3) is 3.34. The highest BCUT2D eigenvalue weighted by atomic mass is 19.1. The van der Waals surface area contributed by atoms with Gasteiger partial charge < -0.3 is 9.88 Å². The first-order chi connectivity index (χ1) is 14.3. The van der Waals surface area contributed by atoms with Crippen molar-refractivity contribution in [2.75, 3.05) is 13.1 Å². The number of H-pyrrole nitrogens is 1. The Bertz CT molecular complexity index is 1020. The zero-order valence-corrected chi connectivity index (χ0v) is 17.7. The number of aromatic amines is 1. The smallest absolute Gasteiger partial charge is 0.262 e. The summed E-state index contributed by atoms with van der Waals surface area (Å²) in [5, 5.41) is 5.02. The van der Waals surface area contributed by atoms with Gasteiger partial charge in [0.2, 0.25) is 5.91 Å². The Morgan fingerprint density at radius 1 is 1.20 bits per heavy atom. The molecule has 0 aromatic carbocycles. The van der Waals surface area contributed by atoms with Crippen molar-refractivity contribution in [1.29, 1.82) is 0 Å². The molecular formula is C22H30FN5O2. The summed E-state index contributed by atoms with van der Waals surface area (Å²) in [4.78, 5) is 34.9. The molecule has 0 spiro atoms. The quantitative estimate of drug-likeness (QED) is 0.833. The number of aromatic nitrogens is 4. The molecule has 2 saturated carbocycles. The van der Waals surface area contributed by atoms with Crippen LogP contribution in [0.2, 0.25) is 0 Å². The van der Waals surface area contributed by atoms with Gasteiger partial charge in [-0.1, -0.05) is 13.8 Å². The molecule has 7 nitrogen and oxygen atoms in total. The molecule has 3 heterocycles. The maximum atomic E-state index is 13.5. The Morgan fingerprint density at radius 3 is 2.60 bits per heavy atom. The second-order valence-corrected chi connectivity index (χ2v) is 10.1. The van der Waals surface area contributed by atoms with Gasteiger partial charge in [0.25, 0.3) is 5.56 Å². The molecular weight excluding hydrogens is 385 g/mol. The van der Waals surface area contributed by atoms with Gasteiger partial charge in [0.05, 0.1) is 18.8 Å². The van der Waals surface area contributed by atoms with E-state index >= 15 is 0 Å². The van der Waals surface area contributed by atoms with Crippen LogP contribution in [-0.4, -0.2) is 49.8 Å². The molecule has 0 bridgehead atoms. The first kappa shape index (κ1) is 19.7. The standard InChI is InChI=1S/C22H30FN5O2/c1-22(2)8-5-14(6-9-22)28-19-17(11-24-28)20(29)26-18(25-19)15-3-4-16(15)21(30)27-10-7-13(23)12-27/h11,13-16H,3-10,12H2,1-2H3,(H,25,26,29)/t13-,15+,16+/m1/s1. The van der Waals surface area contributed by atoms with E-state index in [1.165, 1.54) is 0 Å². The SMILES string of the molecule is CC1(C)CCC(n2ncc3c(=O)[nH]c([C@H]4CC[C@@H]4C(=O)N4CC[C@@H](F)C4)nc32)CC1. The predicted octanol–water partition coefficient (Wildman–Crippen LogP) is 3.32. The van der Waals surface area contributed by atoms with E-state index in [1.54, 1.807) is 11.1 Å². The average molecular weight is 416 g/mol. The van der Waals surface area contributed by atoms with Crippen molar-refractivity contribution in [3.8, 4) is 0 Å². The van der Waals surface area contributed by atoms with Crippen molar-refractivity contribution in [2.45, 2.75) is 76.9 Å². The molecule has 2 aromatic rings. The van der Waals surface area contributed by atoms with Crippen molar-refractivity contribution in [2.24, 2.45) is 11.3 Å². The van der Waals surface area contributed by atoms with Crippen molar-refractivity contribution < 1.29 is 9.18 Å². The number of amides is 1. The van der Waals surface area contributed by atoms with Crippen LogP contribution in [0.25, 0.3) is 11.0 Å². The van der Waals surface area contributed by atoms with Crippen LogP contribution in [0, 0.1) is 11.3 Å². The average Bonchev–Trinajstić information content (AvgIpc) is 3.28. The van der Waals surface area contributed by atoms with Crippen LogP contribution in [0.3, 0.4) is 0 Å². The molecule has 1 aliphatic heterocycles. The van der Waals surface area contributed by atoms with Crippen LogP contribution in [0.15, 0.2) is 11.0 Å². The molecule has 3 aliphatic rings. The van der Waals surface area contributed by atoms with Crippen molar-refractivity contribution >= 4 is 16.9 Å². The highest BCUT2D eigenvalue weighted by Gasteiger charge is 2.43. The predicted molar refractivity (Wildman–Crippen MR) is 111 cm³/mol. The van der Waals surface area contributed by atoms with Gasteiger partial charge >= 0.3 is 0 Å². The fraction of sp³-hybridized carbons (Fsp3) is 0.727. The summed E-state index contributed by atoms with van der Waals surface area (Å²) >= 11 is 0. The Labute approximate surface area is 175 Å². The number of fused-ring (bicyclic) bond motifs is 1. The summed E-state index contributed by atoms with van der Waals surface area (Å²) in [7, 11) is 0. The summed E-state index contributed by atoms with van der Waals surface area (Å²) in [6.07, 6.45) is 6.98. The van der Waals surface area contributed by atoms with E-state index in [1.807, 2.05) is 4.68 Å². The Kier molecular flexibility index (Phi) is 4.71. The minimum Gasteiger partial charge on any atom is -0.339 e. The van der Waals surface area contributed by atoms with Gasteiger partial charge in [-0.25, -0.2) is 14.1 Å². The molecule has 0 unspecified atom stereocenters. The van der Waals surface area contributed by atoms with Gasteiger partial charge in [-0.2, -0.15) is 5.10 Å². The van der Waals surface area contributed by atoms with E-state index < -0.39 is 6.17 Å². The molecule has 5 rings (SSSR count). The van der Waals surface area contributed by atoms with E-state index in [2.05, 4.69) is 23.9 Å². The van der Waals surface area contributed by atoms with Gasteiger partial charge in [-0.05, 0) is 50.4 Å². The Balaban J connectivity index is 1.42. The first-order valence-corrected chi connectivity index (χ1v) is 11.2. The zero-order valence-electron chi connectivity index (χ0n) is 17.7. The topological polar surface area (TPSA) is 83.9 Å². The fourth-order valence-corrected chi connectivity index (χ4v) is 5.30. The molecule has 3 fully saturated rings. The Hall–Kier alpha value is -2.25. The third-order valence-corrected chi connectivity index (χ3v) is 7.52. The van der Waals surface area contributed by atoms with Gasteiger partial charge in [-0.3, -0.25) is 9.59 Å². The van der Waals surface area contributed by atoms with Crippen LogP contribution in [0.4, 0.5) is 4.39 Å². The molecule has 3 atom stereocenters. The summed E-state index contributed by atoms with van der Waals surface area (Å²) in [6, 6.07) is 0.252. The number of nitrogens with one attached hydrogen (secondary N) is 1. The van der Waals surface area contributed by atoms with Crippen LogP contribution in [0.5, 0.6) is 0 Å². The molecule has 0 radical (unpaired) electrons. The number of rotatable bonds is 3. The summed E-state index contributed by atoms with van der Waals surface area (Å²) in [6.45, 7) is 5.27. The summed E-state index contributed by atoms with van der Waals surface area (Å²) in [5.74, 6) is 0.243. The molecule has 8 heteroatoms.